The first kappa shape index (κ1) is 26.5. The van der Waals surface area contributed by atoms with E-state index in [1.807, 2.05) is 4.90 Å². The summed E-state index contributed by atoms with van der Waals surface area (Å²) in [6.45, 7) is 1.96. The van der Waals surface area contributed by atoms with Gasteiger partial charge in [-0.05, 0) is 67.6 Å². The molecule has 0 N–H and O–H groups in total. The van der Waals surface area contributed by atoms with E-state index in [0.717, 1.165) is 0 Å². The van der Waals surface area contributed by atoms with Gasteiger partial charge in [0.05, 0.1) is 23.5 Å². The van der Waals surface area contributed by atoms with Crippen LogP contribution in [0.2, 0.25) is 10.0 Å². The molecule has 2 aromatic rings. The van der Waals surface area contributed by atoms with Crippen LogP contribution in [0.3, 0.4) is 0 Å². The van der Waals surface area contributed by atoms with Crippen LogP contribution in [0.4, 0.5) is 0 Å². The average Bonchev–Trinajstić information content (AvgIpc) is 3.37. The van der Waals surface area contributed by atoms with Crippen LogP contribution < -0.4 is 4.74 Å². The topological polar surface area (TPSA) is 84.0 Å². The van der Waals surface area contributed by atoms with Gasteiger partial charge < -0.3 is 14.5 Å². The summed E-state index contributed by atoms with van der Waals surface area (Å²) in [6.07, 6.45) is 3.70. The van der Waals surface area contributed by atoms with Gasteiger partial charge >= 0.3 is 0 Å². The van der Waals surface area contributed by atoms with Gasteiger partial charge in [-0.3, -0.25) is 9.59 Å². The van der Waals surface area contributed by atoms with Gasteiger partial charge in [0.15, 0.2) is 9.84 Å². The Balaban J connectivity index is 1.31. The summed E-state index contributed by atoms with van der Waals surface area (Å²) in [7, 11) is -2.04. The van der Waals surface area contributed by atoms with Crippen LogP contribution in [0.5, 0.6) is 5.75 Å². The first-order valence-corrected chi connectivity index (χ1v) is 14.1. The molecule has 0 saturated carbocycles. The lowest BCUT2D eigenvalue weighted by Gasteiger charge is -2.32. The highest BCUT2D eigenvalue weighted by atomic mass is 35.5. The number of sulfone groups is 1. The fraction of sp³-hybridized carbons (Fsp3) is 0.385. The van der Waals surface area contributed by atoms with Crippen LogP contribution in [0.1, 0.15) is 29.6 Å². The maximum absolute atomic E-state index is 13.1. The summed E-state index contributed by atoms with van der Waals surface area (Å²) in [5.41, 5.74) is 0.388. The monoisotopic (exact) mass is 550 g/mol. The number of allylic oxidation sites excluding steroid dienone is 1. The molecule has 2 aliphatic rings. The highest BCUT2D eigenvalue weighted by Crippen LogP contribution is 2.29. The van der Waals surface area contributed by atoms with Gasteiger partial charge in [-0.2, -0.15) is 0 Å². The molecule has 1 atom stereocenters. The Morgan fingerprint density at radius 3 is 2.25 bits per heavy atom. The van der Waals surface area contributed by atoms with E-state index >= 15 is 0 Å². The largest absolute Gasteiger partial charge is 0.496 e. The van der Waals surface area contributed by atoms with Crippen molar-refractivity contribution in [1.82, 2.24) is 9.80 Å². The van der Waals surface area contributed by atoms with E-state index < -0.39 is 9.84 Å². The summed E-state index contributed by atoms with van der Waals surface area (Å²) >= 11 is 11.9. The highest BCUT2D eigenvalue weighted by molar-refractivity contribution is 7.94. The van der Waals surface area contributed by atoms with Crippen molar-refractivity contribution in [2.75, 3.05) is 33.3 Å². The number of carbonyl (C=O) groups is 2. The molecule has 7 nitrogen and oxygen atoms in total. The Bertz CT molecular complexity index is 1260. The third-order valence-electron chi connectivity index (χ3n) is 6.74. The molecule has 36 heavy (non-hydrogen) atoms. The smallest absolute Gasteiger partial charge is 0.257 e. The number of hydrogen-bond donors (Lipinski definition) is 0. The highest BCUT2D eigenvalue weighted by Gasteiger charge is 2.35. The minimum absolute atomic E-state index is 0.0413. The Morgan fingerprint density at radius 1 is 0.944 bits per heavy atom. The van der Waals surface area contributed by atoms with Gasteiger partial charge in [-0.1, -0.05) is 29.3 Å². The molecule has 0 radical (unpaired) electrons. The number of carbonyl (C=O) groups excluding carboxylic acids is 2. The molecule has 1 unspecified atom stereocenters. The lowest BCUT2D eigenvalue weighted by Crippen LogP contribution is -2.42. The Labute approximate surface area is 221 Å². The molecular formula is C26H28Cl2N2O5S. The number of nitrogens with zero attached hydrogens (tertiary/aromatic N) is 2. The molecule has 2 aliphatic heterocycles. The van der Waals surface area contributed by atoms with Crippen LogP contribution in [-0.2, 0) is 14.6 Å². The van der Waals surface area contributed by atoms with E-state index in [9.17, 15) is 18.0 Å². The number of likely N-dealkylation sites (tertiary alicyclic amines) is 2. The molecule has 0 spiro atoms. The van der Waals surface area contributed by atoms with Crippen molar-refractivity contribution < 1.29 is 22.7 Å². The second kappa shape index (κ2) is 11.2. The van der Waals surface area contributed by atoms with Crippen molar-refractivity contribution in [3.8, 4) is 5.75 Å². The van der Waals surface area contributed by atoms with Crippen molar-refractivity contribution in [3.05, 3.63) is 69.6 Å². The quantitative estimate of drug-likeness (QED) is 0.520. The number of benzene rings is 2. The summed E-state index contributed by atoms with van der Waals surface area (Å²) in [6, 6.07) is 11.0. The van der Waals surface area contributed by atoms with Crippen LogP contribution in [0, 0.1) is 11.8 Å². The van der Waals surface area contributed by atoms with Gasteiger partial charge in [0.1, 0.15) is 5.75 Å². The van der Waals surface area contributed by atoms with Crippen molar-refractivity contribution in [3.63, 3.8) is 0 Å². The number of halogens is 2. The number of amides is 2. The van der Waals surface area contributed by atoms with Gasteiger partial charge in [0.25, 0.3) is 5.91 Å². The van der Waals surface area contributed by atoms with Crippen LogP contribution in [0.15, 0.2) is 58.8 Å². The molecule has 2 heterocycles. The van der Waals surface area contributed by atoms with E-state index in [-0.39, 0.29) is 28.5 Å². The standard InChI is InChI=1S/C26H28Cl2N2O5S/c1-35-24-7-4-21(28)16-23(24)26(32)30-14-10-19(17-30)25(31)29-12-8-18(9-13-29)11-15-36(33,34)22-5-2-20(27)3-6-22/h2-7,11,15-16,18-19H,8-10,12-14,17H2,1H3/b15-11+. The second-order valence-electron chi connectivity index (χ2n) is 9.07. The fourth-order valence-electron chi connectivity index (χ4n) is 4.65. The Kier molecular flexibility index (Phi) is 8.27. The van der Waals surface area contributed by atoms with E-state index in [1.165, 1.54) is 24.7 Å². The number of rotatable bonds is 6. The predicted octanol–water partition coefficient (Wildman–Crippen LogP) is 4.69. The minimum Gasteiger partial charge on any atom is -0.496 e. The van der Waals surface area contributed by atoms with Gasteiger partial charge in [0, 0.05) is 41.6 Å². The molecular weight excluding hydrogens is 523 g/mol. The van der Waals surface area contributed by atoms with Crippen molar-refractivity contribution in [2.24, 2.45) is 11.8 Å². The van der Waals surface area contributed by atoms with Gasteiger partial charge in [-0.15, -0.1) is 0 Å². The second-order valence-corrected chi connectivity index (χ2v) is 11.8. The lowest BCUT2D eigenvalue weighted by atomic mass is 9.95. The average molecular weight is 551 g/mol. The maximum Gasteiger partial charge on any atom is 0.257 e. The minimum atomic E-state index is -3.54. The van der Waals surface area contributed by atoms with Gasteiger partial charge in [-0.25, -0.2) is 8.42 Å². The van der Waals surface area contributed by atoms with Crippen molar-refractivity contribution >= 4 is 44.9 Å². The third-order valence-corrected chi connectivity index (χ3v) is 8.67. The van der Waals surface area contributed by atoms with E-state index in [4.69, 9.17) is 27.9 Å². The fourth-order valence-corrected chi connectivity index (χ4v) is 6.05. The van der Waals surface area contributed by atoms with Crippen LogP contribution in [-0.4, -0.2) is 63.3 Å². The van der Waals surface area contributed by atoms with Crippen molar-refractivity contribution in [1.29, 1.82) is 0 Å². The van der Waals surface area contributed by atoms with Crippen molar-refractivity contribution in [2.45, 2.75) is 24.2 Å². The van der Waals surface area contributed by atoms with E-state index in [0.29, 0.717) is 66.8 Å². The molecule has 2 fully saturated rings. The zero-order valence-corrected chi connectivity index (χ0v) is 22.2. The molecule has 10 heteroatoms. The van der Waals surface area contributed by atoms with Crippen LogP contribution >= 0.6 is 23.2 Å². The molecule has 2 saturated heterocycles. The number of methoxy groups -OCH3 is 1. The maximum atomic E-state index is 13.1. The first-order chi connectivity index (χ1) is 17.2. The third kappa shape index (κ3) is 6.05. The SMILES string of the molecule is COc1ccc(Cl)cc1C(=O)N1CCC(C(=O)N2CCC(/C=C/S(=O)(=O)c3ccc(Cl)cc3)CC2)C1. The van der Waals surface area contributed by atoms with E-state index in [2.05, 4.69) is 0 Å². The number of ether oxygens (including phenoxy) is 1. The zero-order valence-electron chi connectivity index (χ0n) is 19.9. The Morgan fingerprint density at radius 2 is 1.58 bits per heavy atom. The molecule has 2 amide bonds. The predicted molar refractivity (Wildman–Crippen MR) is 139 cm³/mol. The first-order valence-electron chi connectivity index (χ1n) is 11.8. The molecule has 0 aliphatic carbocycles. The molecule has 192 valence electrons. The normalized spacial score (nSPS) is 19.1. The number of hydrogen-bond acceptors (Lipinski definition) is 5. The van der Waals surface area contributed by atoms with Gasteiger partial charge in [0.2, 0.25) is 5.91 Å². The number of piperidine rings is 1. The summed E-state index contributed by atoms with van der Waals surface area (Å²) in [5.74, 6) is 0.118. The Hall–Kier alpha value is -2.55. The summed E-state index contributed by atoms with van der Waals surface area (Å²) < 4.78 is 30.4. The molecule has 4 rings (SSSR count). The molecule has 0 aromatic heterocycles. The lowest BCUT2D eigenvalue weighted by molar-refractivity contribution is -0.136. The summed E-state index contributed by atoms with van der Waals surface area (Å²) in [4.78, 5) is 29.9. The molecule has 0 bridgehead atoms. The summed E-state index contributed by atoms with van der Waals surface area (Å²) in [5, 5.41) is 2.18. The van der Waals surface area contributed by atoms with Crippen LogP contribution in [0.25, 0.3) is 0 Å². The van der Waals surface area contributed by atoms with E-state index in [1.54, 1.807) is 41.3 Å². The molecule has 2 aromatic carbocycles. The zero-order chi connectivity index (χ0) is 25.9.